The van der Waals surface area contributed by atoms with Crippen molar-refractivity contribution in [3.8, 4) is 0 Å². The van der Waals surface area contributed by atoms with Gasteiger partial charge in [-0.05, 0) is 51.7 Å². The lowest BCUT2D eigenvalue weighted by atomic mass is 9.67. The molecule has 0 bridgehead atoms. The molecular formula is C20H27F2NO4. The molecule has 1 aliphatic rings. The fourth-order valence-electron chi connectivity index (χ4n) is 3.72. The number of halogens is 2. The first-order valence-corrected chi connectivity index (χ1v) is 9.44. The van der Waals surface area contributed by atoms with Crippen molar-refractivity contribution in [3.63, 3.8) is 0 Å². The van der Waals surface area contributed by atoms with Gasteiger partial charge in [-0.15, -0.1) is 0 Å². The maximum Gasteiger partial charge on any atom is 0.312 e. The Morgan fingerprint density at radius 2 is 1.81 bits per heavy atom. The molecule has 1 N–H and O–H groups in total. The van der Waals surface area contributed by atoms with E-state index in [1.165, 1.54) is 12.1 Å². The zero-order valence-corrected chi connectivity index (χ0v) is 15.9. The van der Waals surface area contributed by atoms with Gasteiger partial charge < -0.3 is 14.8 Å². The third-order valence-electron chi connectivity index (χ3n) is 4.97. The van der Waals surface area contributed by atoms with Gasteiger partial charge in [0.2, 0.25) is 0 Å². The highest BCUT2D eigenvalue weighted by atomic mass is 19.1. The average molecular weight is 383 g/mol. The molecule has 5 nitrogen and oxygen atoms in total. The molecule has 1 fully saturated rings. The Morgan fingerprint density at radius 3 is 2.44 bits per heavy atom. The van der Waals surface area contributed by atoms with Gasteiger partial charge in [0, 0.05) is 18.3 Å². The lowest BCUT2D eigenvalue weighted by Gasteiger charge is -2.38. The van der Waals surface area contributed by atoms with Crippen molar-refractivity contribution in [2.75, 3.05) is 25.1 Å². The van der Waals surface area contributed by atoms with Crippen LogP contribution in [0.4, 0.5) is 14.5 Å². The van der Waals surface area contributed by atoms with Crippen molar-refractivity contribution in [1.29, 1.82) is 0 Å². The van der Waals surface area contributed by atoms with Crippen molar-refractivity contribution in [3.05, 3.63) is 29.8 Å². The first kappa shape index (κ1) is 21.1. The van der Waals surface area contributed by atoms with Crippen LogP contribution < -0.4 is 5.32 Å². The summed E-state index contributed by atoms with van der Waals surface area (Å²) < 4.78 is 37.0. The van der Waals surface area contributed by atoms with Gasteiger partial charge >= 0.3 is 11.9 Å². The molecule has 1 aromatic rings. The summed E-state index contributed by atoms with van der Waals surface area (Å²) in [5, 5.41) is 2.96. The van der Waals surface area contributed by atoms with Gasteiger partial charge in [0.15, 0.2) is 0 Å². The zero-order chi connectivity index (χ0) is 19.9. The maximum absolute atomic E-state index is 13.3. The van der Waals surface area contributed by atoms with Crippen molar-refractivity contribution in [1.82, 2.24) is 0 Å². The summed E-state index contributed by atoms with van der Waals surface area (Å²) in [4.78, 5) is 24.8. The second kappa shape index (κ2) is 9.67. The zero-order valence-electron chi connectivity index (χ0n) is 15.9. The summed E-state index contributed by atoms with van der Waals surface area (Å²) in [5.41, 5.74) is -0.492. The Bertz CT molecular complexity index is 647. The van der Waals surface area contributed by atoms with Crippen LogP contribution in [0.25, 0.3) is 0 Å². The Kier molecular flexibility index (Phi) is 7.56. The Hall–Kier alpha value is -2.18. The number of esters is 2. The number of hydrogen-bond donors (Lipinski definition) is 1. The van der Waals surface area contributed by atoms with Crippen molar-refractivity contribution >= 4 is 17.6 Å². The topological polar surface area (TPSA) is 64.6 Å². The maximum atomic E-state index is 13.3. The molecule has 0 unspecified atom stereocenters. The predicted molar refractivity (Wildman–Crippen MR) is 97.1 cm³/mol. The average Bonchev–Trinajstić information content (AvgIpc) is 2.61. The van der Waals surface area contributed by atoms with Gasteiger partial charge in [0.05, 0.1) is 24.5 Å². The first-order chi connectivity index (χ1) is 12.9. The van der Waals surface area contributed by atoms with E-state index in [4.69, 9.17) is 9.47 Å². The number of carbonyl (C=O) groups is 2. The third kappa shape index (κ3) is 5.65. The van der Waals surface area contributed by atoms with Crippen LogP contribution in [-0.4, -0.2) is 31.7 Å². The summed E-state index contributed by atoms with van der Waals surface area (Å²) in [6.07, 6.45) is 2.78. The molecule has 0 saturated heterocycles. The largest absolute Gasteiger partial charge is 0.466 e. The summed E-state index contributed by atoms with van der Waals surface area (Å²) in [6.45, 7) is 4.38. The quantitative estimate of drug-likeness (QED) is 0.686. The Labute approximate surface area is 158 Å². The van der Waals surface area contributed by atoms with E-state index in [1.807, 2.05) is 0 Å². The summed E-state index contributed by atoms with van der Waals surface area (Å²) in [7, 11) is 0. The fraction of sp³-hybridized carbons (Fsp3) is 0.600. The molecule has 1 saturated carbocycles. The standard InChI is InChI=1S/C20H27F2NO4/c1-3-26-18(24)14-6-5-7-20(13-14,19(25)27-4-2)8-9-23-17-11-15(21)10-16(22)12-17/h10-12,14,23H,3-9,13H2,1-2H3/t14-,20+/m0/s1. The third-order valence-corrected chi connectivity index (χ3v) is 4.97. The Balaban J connectivity index is 2.08. The van der Waals surface area contributed by atoms with Crippen LogP contribution in [-0.2, 0) is 19.1 Å². The van der Waals surface area contributed by atoms with Gasteiger partial charge in [-0.25, -0.2) is 8.78 Å². The number of hydrogen-bond acceptors (Lipinski definition) is 5. The number of ether oxygens (including phenoxy) is 2. The Morgan fingerprint density at radius 1 is 1.15 bits per heavy atom. The minimum absolute atomic E-state index is 0.257. The highest BCUT2D eigenvalue weighted by Crippen LogP contribution is 2.43. The molecule has 0 heterocycles. The van der Waals surface area contributed by atoms with Crippen LogP contribution in [0.1, 0.15) is 46.0 Å². The van der Waals surface area contributed by atoms with Crippen molar-refractivity contribution < 1.29 is 27.8 Å². The van der Waals surface area contributed by atoms with Crippen molar-refractivity contribution in [2.24, 2.45) is 11.3 Å². The summed E-state index contributed by atoms with van der Waals surface area (Å²) in [5.74, 6) is -2.29. The van der Waals surface area contributed by atoms with E-state index in [2.05, 4.69) is 5.32 Å². The highest BCUT2D eigenvalue weighted by Gasteiger charge is 2.45. The molecule has 0 aliphatic heterocycles. The molecule has 2 rings (SSSR count). The minimum Gasteiger partial charge on any atom is -0.466 e. The fourth-order valence-corrected chi connectivity index (χ4v) is 3.72. The monoisotopic (exact) mass is 383 g/mol. The lowest BCUT2D eigenvalue weighted by molar-refractivity contribution is -0.162. The van der Waals surface area contributed by atoms with Gasteiger partial charge in [-0.2, -0.15) is 0 Å². The molecule has 150 valence electrons. The smallest absolute Gasteiger partial charge is 0.312 e. The van der Waals surface area contributed by atoms with E-state index in [0.717, 1.165) is 12.5 Å². The van der Waals surface area contributed by atoms with Gasteiger partial charge in [-0.3, -0.25) is 9.59 Å². The summed E-state index contributed by atoms with van der Waals surface area (Å²) in [6, 6.07) is 3.20. The van der Waals surface area contributed by atoms with Gasteiger partial charge in [0.25, 0.3) is 0 Å². The van der Waals surface area contributed by atoms with E-state index in [9.17, 15) is 18.4 Å². The number of anilines is 1. The van der Waals surface area contributed by atoms with Crippen LogP contribution in [0.3, 0.4) is 0 Å². The van der Waals surface area contributed by atoms with Crippen LogP contribution in [0, 0.1) is 23.0 Å². The summed E-state index contributed by atoms with van der Waals surface area (Å²) >= 11 is 0. The van der Waals surface area contributed by atoms with Gasteiger partial charge in [0.1, 0.15) is 11.6 Å². The number of benzene rings is 1. The van der Waals surface area contributed by atoms with Crippen LogP contribution in [0.15, 0.2) is 18.2 Å². The van der Waals surface area contributed by atoms with Crippen molar-refractivity contribution in [2.45, 2.75) is 46.0 Å². The number of rotatable bonds is 8. The molecule has 0 spiro atoms. The SMILES string of the molecule is CCOC(=O)[C@H]1CCC[C@](CCNc2cc(F)cc(F)c2)(C(=O)OCC)C1. The molecule has 0 amide bonds. The minimum atomic E-state index is -0.801. The lowest BCUT2D eigenvalue weighted by Crippen LogP contribution is -2.41. The normalized spacial score (nSPS) is 22.1. The predicted octanol–water partition coefficient (Wildman–Crippen LogP) is 4.07. The van der Waals surface area contributed by atoms with Crippen LogP contribution in [0.2, 0.25) is 0 Å². The number of carbonyl (C=O) groups excluding carboxylic acids is 2. The number of nitrogens with one attached hydrogen (secondary N) is 1. The molecule has 0 aromatic heterocycles. The highest BCUT2D eigenvalue weighted by molar-refractivity contribution is 5.79. The van der Waals surface area contributed by atoms with Crippen LogP contribution in [0.5, 0.6) is 0 Å². The molecule has 2 atom stereocenters. The molecule has 1 aromatic carbocycles. The van der Waals surface area contributed by atoms with E-state index in [0.29, 0.717) is 44.5 Å². The molecular weight excluding hydrogens is 356 g/mol. The van der Waals surface area contributed by atoms with Gasteiger partial charge in [-0.1, -0.05) is 6.42 Å². The first-order valence-electron chi connectivity index (χ1n) is 9.44. The molecule has 0 radical (unpaired) electrons. The van der Waals surface area contributed by atoms with E-state index >= 15 is 0 Å². The molecule has 7 heteroatoms. The van der Waals surface area contributed by atoms with E-state index in [1.54, 1.807) is 13.8 Å². The van der Waals surface area contributed by atoms with Crippen LogP contribution >= 0.6 is 0 Å². The second-order valence-electron chi connectivity index (χ2n) is 6.88. The second-order valence-corrected chi connectivity index (χ2v) is 6.88. The molecule has 27 heavy (non-hydrogen) atoms. The van der Waals surface area contributed by atoms with E-state index < -0.39 is 17.0 Å². The van der Waals surface area contributed by atoms with E-state index in [-0.39, 0.29) is 24.5 Å². The molecule has 1 aliphatic carbocycles.